The van der Waals surface area contributed by atoms with Gasteiger partial charge in [0.15, 0.2) is 0 Å². The highest BCUT2D eigenvalue weighted by Gasteiger charge is 2.33. The van der Waals surface area contributed by atoms with E-state index in [9.17, 15) is 0 Å². The molecule has 3 rings (SSSR count). The summed E-state index contributed by atoms with van der Waals surface area (Å²) in [4.78, 5) is 0. The Kier molecular flexibility index (Phi) is 1.78. The molecule has 2 unspecified atom stereocenters. The molecular weight excluding hydrogens is 200 g/mol. The number of benzene rings is 1. The predicted molar refractivity (Wildman–Crippen MR) is 61.0 cm³/mol. The van der Waals surface area contributed by atoms with Crippen molar-refractivity contribution in [2.45, 2.75) is 12.0 Å². The second-order valence-corrected chi connectivity index (χ2v) is 3.94. The topological polar surface area (TPSA) is 59.0 Å². The Morgan fingerprint density at radius 3 is 2.88 bits per heavy atom. The van der Waals surface area contributed by atoms with Crippen molar-refractivity contribution in [3.05, 3.63) is 47.6 Å². The molecule has 0 spiro atoms. The maximum atomic E-state index is 8.89. The molecule has 2 aliphatic rings. The summed E-state index contributed by atoms with van der Waals surface area (Å²) >= 11 is 0. The van der Waals surface area contributed by atoms with E-state index >= 15 is 0 Å². The molecule has 0 fully saturated rings. The third kappa shape index (κ3) is 1.07. The molecule has 0 saturated heterocycles. The number of nitrogens with two attached hydrogens (primary N) is 1. The van der Waals surface area contributed by atoms with Gasteiger partial charge in [0, 0.05) is 11.5 Å². The normalized spacial score (nSPS) is 24.4. The fourth-order valence-corrected chi connectivity index (χ4v) is 2.22. The maximum absolute atomic E-state index is 8.89. The lowest BCUT2D eigenvalue weighted by molar-refractivity contribution is 0.270. The minimum Gasteiger partial charge on any atom is -0.483 e. The zero-order valence-electron chi connectivity index (χ0n) is 8.55. The van der Waals surface area contributed by atoms with E-state index in [0.29, 0.717) is 17.0 Å². The number of ether oxygens (including phenoxy) is 1. The predicted octanol–water partition coefficient (Wildman–Crippen LogP) is 2.11. The lowest BCUT2D eigenvalue weighted by Gasteiger charge is -2.13. The van der Waals surface area contributed by atoms with Gasteiger partial charge in [-0.25, -0.2) is 0 Å². The summed E-state index contributed by atoms with van der Waals surface area (Å²) < 4.78 is 5.77. The SMILES string of the molecule is N#Cc1ccc2c(c1N)OC1C=CC=CC21. The minimum atomic E-state index is 0.0243. The van der Waals surface area contributed by atoms with Crippen LogP contribution in [0.25, 0.3) is 0 Å². The van der Waals surface area contributed by atoms with E-state index < -0.39 is 0 Å². The van der Waals surface area contributed by atoms with E-state index in [1.807, 2.05) is 24.3 Å². The number of hydrogen-bond acceptors (Lipinski definition) is 3. The van der Waals surface area contributed by atoms with Gasteiger partial charge >= 0.3 is 0 Å². The van der Waals surface area contributed by atoms with Crippen LogP contribution in [-0.4, -0.2) is 6.10 Å². The van der Waals surface area contributed by atoms with Crippen molar-refractivity contribution in [2.24, 2.45) is 0 Å². The second kappa shape index (κ2) is 3.14. The fourth-order valence-electron chi connectivity index (χ4n) is 2.22. The first kappa shape index (κ1) is 9.05. The molecule has 1 aromatic rings. The highest BCUT2D eigenvalue weighted by Crippen LogP contribution is 2.45. The third-order valence-corrected chi connectivity index (χ3v) is 3.04. The maximum Gasteiger partial charge on any atom is 0.148 e. The first-order valence-corrected chi connectivity index (χ1v) is 5.15. The highest BCUT2D eigenvalue weighted by atomic mass is 16.5. The van der Waals surface area contributed by atoms with Crippen molar-refractivity contribution >= 4 is 5.69 Å². The first-order valence-electron chi connectivity index (χ1n) is 5.15. The molecule has 1 aromatic carbocycles. The molecule has 2 atom stereocenters. The van der Waals surface area contributed by atoms with E-state index in [1.165, 1.54) is 0 Å². The van der Waals surface area contributed by atoms with Gasteiger partial charge in [-0.2, -0.15) is 5.26 Å². The van der Waals surface area contributed by atoms with E-state index in [0.717, 1.165) is 5.56 Å². The molecule has 0 amide bonds. The molecule has 1 aliphatic heterocycles. The van der Waals surface area contributed by atoms with Crippen molar-refractivity contribution < 1.29 is 4.74 Å². The molecule has 78 valence electrons. The van der Waals surface area contributed by atoms with Crippen LogP contribution in [-0.2, 0) is 0 Å². The van der Waals surface area contributed by atoms with E-state index in [-0.39, 0.29) is 12.0 Å². The van der Waals surface area contributed by atoms with Gasteiger partial charge in [-0.05, 0) is 12.1 Å². The summed E-state index contributed by atoms with van der Waals surface area (Å²) in [6, 6.07) is 5.75. The van der Waals surface area contributed by atoms with Crippen LogP contribution in [0.2, 0.25) is 0 Å². The van der Waals surface area contributed by atoms with Crippen LogP contribution >= 0.6 is 0 Å². The standard InChI is InChI=1S/C13H10N2O/c14-7-8-5-6-10-9-3-1-2-4-11(9)16-13(10)12(8)15/h1-6,9,11H,15H2. The van der Waals surface area contributed by atoms with Crippen molar-refractivity contribution in [3.63, 3.8) is 0 Å². The number of hydrogen-bond donors (Lipinski definition) is 1. The minimum absolute atomic E-state index is 0.0243. The van der Waals surface area contributed by atoms with Crippen molar-refractivity contribution in [1.29, 1.82) is 5.26 Å². The Bertz CT molecular complexity index is 552. The summed E-state index contributed by atoms with van der Waals surface area (Å²) in [5.41, 5.74) is 7.91. The summed E-state index contributed by atoms with van der Waals surface area (Å²) in [7, 11) is 0. The van der Waals surface area contributed by atoms with Gasteiger partial charge in [0.25, 0.3) is 0 Å². The zero-order valence-corrected chi connectivity index (χ0v) is 8.55. The molecule has 0 radical (unpaired) electrons. The summed E-state index contributed by atoms with van der Waals surface area (Å²) in [5.74, 6) is 0.903. The Morgan fingerprint density at radius 1 is 1.25 bits per heavy atom. The number of nitriles is 1. The van der Waals surface area contributed by atoms with Crippen molar-refractivity contribution in [1.82, 2.24) is 0 Å². The highest BCUT2D eigenvalue weighted by molar-refractivity contribution is 5.69. The fraction of sp³-hybridized carbons (Fsp3) is 0.154. The lowest BCUT2D eigenvalue weighted by atomic mass is 9.91. The van der Waals surface area contributed by atoms with Gasteiger partial charge < -0.3 is 10.5 Å². The van der Waals surface area contributed by atoms with Gasteiger partial charge in [-0.3, -0.25) is 0 Å². The smallest absolute Gasteiger partial charge is 0.148 e. The van der Waals surface area contributed by atoms with Crippen molar-refractivity contribution in [3.8, 4) is 11.8 Å². The van der Waals surface area contributed by atoms with Gasteiger partial charge in [0.2, 0.25) is 0 Å². The van der Waals surface area contributed by atoms with E-state index in [1.54, 1.807) is 6.07 Å². The molecule has 0 aromatic heterocycles. The Morgan fingerprint density at radius 2 is 2.06 bits per heavy atom. The molecule has 16 heavy (non-hydrogen) atoms. The second-order valence-electron chi connectivity index (χ2n) is 3.94. The van der Waals surface area contributed by atoms with E-state index in [2.05, 4.69) is 12.1 Å². The summed E-state index contributed by atoms with van der Waals surface area (Å²) in [5, 5.41) is 8.89. The average Bonchev–Trinajstić information content (AvgIpc) is 2.69. The van der Waals surface area contributed by atoms with E-state index in [4.69, 9.17) is 15.7 Å². The number of rotatable bonds is 0. The molecular formula is C13H10N2O. The molecule has 1 aliphatic carbocycles. The molecule has 0 saturated carbocycles. The summed E-state index contributed by atoms with van der Waals surface area (Å²) in [6.45, 7) is 0. The average molecular weight is 210 g/mol. The number of nitrogen functional groups attached to an aromatic ring is 1. The Hall–Kier alpha value is -2.21. The zero-order chi connectivity index (χ0) is 11.1. The number of anilines is 1. The van der Waals surface area contributed by atoms with Crippen LogP contribution < -0.4 is 10.5 Å². The third-order valence-electron chi connectivity index (χ3n) is 3.04. The number of nitrogens with zero attached hydrogens (tertiary/aromatic N) is 1. The molecule has 1 heterocycles. The van der Waals surface area contributed by atoms with Crippen LogP contribution in [0.4, 0.5) is 5.69 Å². The van der Waals surface area contributed by atoms with Gasteiger partial charge in [-0.15, -0.1) is 0 Å². The van der Waals surface area contributed by atoms with Gasteiger partial charge in [0.05, 0.1) is 11.3 Å². The monoisotopic (exact) mass is 210 g/mol. The molecule has 2 N–H and O–H groups in total. The Balaban J connectivity index is 2.16. The van der Waals surface area contributed by atoms with Crippen LogP contribution in [0.15, 0.2) is 36.4 Å². The van der Waals surface area contributed by atoms with Crippen LogP contribution in [0.5, 0.6) is 5.75 Å². The van der Waals surface area contributed by atoms with Crippen molar-refractivity contribution in [2.75, 3.05) is 5.73 Å². The number of allylic oxidation sites excluding steroid dienone is 2. The quantitative estimate of drug-likeness (QED) is 0.667. The Labute approximate surface area is 93.4 Å². The molecule has 0 bridgehead atoms. The molecule has 3 nitrogen and oxygen atoms in total. The first-order chi connectivity index (χ1) is 7.81. The molecule has 3 heteroatoms. The van der Waals surface area contributed by atoms with Gasteiger partial charge in [0.1, 0.15) is 17.9 Å². The van der Waals surface area contributed by atoms with Crippen LogP contribution in [0, 0.1) is 11.3 Å². The largest absolute Gasteiger partial charge is 0.483 e. The summed E-state index contributed by atoms with van der Waals surface area (Å²) in [6.07, 6.45) is 8.11. The van der Waals surface area contributed by atoms with Crippen LogP contribution in [0.1, 0.15) is 17.0 Å². The number of fused-ring (bicyclic) bond motifs is 3. The lowest BCUT2D eigenvalue weighted by Crippen LogP contribution is -2.15. The van der Waals surface area contributed by atoms with Crippen LogP contribution in [0.3, 0.4) is 0 Å². The van der Waals surface area contributed by atoms with Gasteiger partial charge in [-0.1, -0.05) is 24.3 Å².